The summed E-state index contributed by atoms with van der Waals surface area (Å²) >= 11 is 0. The van der Waals surface area contributed by atoms with Crippen molar-refractivity contribution < 1.29 is 9.53 Å². The Kier molecular flexibility index (Phi) is 5.56. The van der Waals surface area contributed by atoms with Gasteiger partial charge in [0.15, 0.2) is 0 Å². The molecule has 0 heterocycles. The molecule has 0 saturated heterocycles. The van der Waals surface area contributed by atoms with Crippen molar-refractivity contribution in [2.45, 2.75) is 32.1 Å². The first-order chi connectivity index (χ1) is 10.3. The number of esters is 1. The van der Waals surface area contributed by atoms with Gasteiger partial charge in [-0.15, -0.1) is 0 Å². The van der Waals surface area contributed by atoms with Crippen LogP contribution in [0.25, 0.3) is 11.1 Å². The predicted octanol–water partition coefficient (Wildman–Crippen LogP) is 4.80. The normalized spacial score (nSPS) is 11.9. The van der Waals surface area contributed by atoms with E-state index < -0.39 is 0 Å². The highest BCUT2D eigenvalue weighted by Crippen LogP contribution is 2.26. The molecule has 0 fully saturated rings. The van der Waals surface area contributed by atoms with Crippen molar-refractivity contribution in [3.8, 4) is 11.1 Å². The van der Waals surface area contributed by atoms with Crippen molar-refractivity contribution in [1.29, 1.82) is 0 Å². The van der Waals surface area contributed by atoms with Gasteiger partial charge in [0, 0.05) is 0 Å². The summed E-state index contributed by atoms with van der Waals surface area (Å²) in [6, 6.07) is 18.5. The highest BCUT2D eigenvalue weighted by Gasteiger charge is 2.20. The van der Waals surface area contributed by atoms with E-state index in [0.717, 1.165) is 24.8 Å². The summed E-state index contributed by atoms with van der Waals surface area (Å²) in [6.45, 7) is 2.13. The van der Waals surface area contributed by atoms with Crippen LogP contribution < -0.4 is 0 Å². The quantitative estimate of drug-likeness (QED) is 0.711. The van der Waals surface area contributed by atoms with E-state index in [4.69, 9.17) is 4.74 Å². The maximum absolute atomic E-state index is 12.0. The van der Waals surface area contributed by atoms with Crippen molar-refractivity contribution >= 4 is 5.97 Å². The number of benzene rings is 2. The molecule has 0 bridgehead atoms. The van der Waals surface area contributed by atoms with E-state index >= 15 is 0 Å². The van der Waals surface area contributed by atoms with Gasteiger partial charge in [0.1, 0.15) is 0 Å². The zero-order chi connectivity index (χ0) is 15.1. The Morgan fingerprint density at radius 3 is 2.19 bits per heavy atom. The van der Waals surface area contributed by atoms with Crippen LogP contribution in [0.5, 0.6) is 0 Å². The summed E-state index contributed by atoms with van der Waals surface area (Å²) in [5.41, 5.74) is 3.39. The summed E-state index contributed by atoms with van der Waals surface area (Å²) in [5.74, 6) is -0.296. The van der Waals surface area contributed by atoms with Gasteiger partial charge in [-0.2, -0.15) is 0 Å². The second kappa shape index (κ2) is 7.63. The first kappa shape index (κ1) is 15.3. The molecule has 0 aromatic heterocycles. The van der Waals surface area contributed by atoms with E-state index in [1.54, 1.807) is 0 Å². The molecule has 2 heteroatoms. The highest BCUT2D eigenvalue weighted by atomic mass is 16.5. The molecule has 2 rings (SSSR count). The average Bonchev–Trinajstić information content (AvgIpc) is 2.56. The summed E-state index contributed by atoms with van der Waals surface area (Å²) < 4.78 is 4.94. The maximum atomic E-state index is 12.0. The lowest BCUT2D eigenvalue weighted by Crippen LogP contribution is -2.14. The largest absolute Gasteiger partial charge is 0.469 e. The average molecular weight is 282 g/mol. The van der Waals surface area contributed by atoms with Crippen LogP contribution in [0.3, 0.4) is 0 Å². The fraction of sp³-hybridized carbons (Fsp3) is 0.316. The maximum Gasteiger partial charge on any atom is 0.313 e. The molecule has 2 aromatic rings. The molecule has 110 valence electrons. The molecular weight excluding hydrogens is 260 g/mol. The topological polar surface area (TPSA) is 26.3 Å². The van der Waals surface area contributed by atoms with Gasteiger partial charge in [-0.1, -0.05) is 74.4 Å². The van der Waals surface area contributed by atoms with Crippen LogP contribution in [0.1, 0.15) is 37.7 Å². The minimum Gasteiger partial charge on any atom is -0.469 e. The van der Waals surface area contributed by atoms with E-state index in [-0.39, 0.29) is 11.9 Å². The van der Waals surface area contributed by atoms with E-state index in [9.17, 15) is 4.79 Å². The van der Waals surface area contributed by atoms with Crippen LogP contribution in [0.15, 0.2) is 54.6 Å². The number of carbonyl (C=O) groups excluding carboxylic acids is 1. The zero-order valence-electron chi connectivity index (χ0n) is 12.7. The van der Waals surface area contributed by atoms with Gasteiger partial charge in [-0.25, -0.2) is 0 Å². The van der Waals surface area contributed by atoms with Crippen molar-refractivity contribution in [2.75, 3.05) is 7.11 Å². The van der Waals surface area contributed by atoms with Crippen LogP contribution in [0, 0.1) is 0 Å². The van der Waals surface area contributed by atoms with Crippen LogP contribution in [0.4, 0.5) is 0 Å². The minimum atomic E-state index is -0.153. The molecule has 0 aliphatic rings. The number of hydrogen-bond acceptors (Lipinski definition) is 2. The fourth-order valence-electron chi connectivity index (χ4n) is 2.51. The van der Waals surface area contributed by atoms with Gasteiger partial charge >= 0.3 is 5.97 Å². The number of rotatable bonds is 6. The van der Waals surface area contributed by atoms with Gasteiger partial charge in [0.05, 0.1) is 13.0 Å². The Balaban J connectivity index is 2.21. The smallest absolute Gasteiger partial charge is 0.313 e. The van der Waals surface area contributed by atoms with Gasteiger partial charge in [-0.05, 0) is 23.1 Å². The number of hydrogen-bond donors (Lipinski definition) is 0. The third-order valence-corrected chi connectivity index (χ3v) is 3.75. The Hall–Kier alpha value is -2.09. The lowest BCUT2D eigenvalue weighted by molar-refractivity contribution is -0.142. The van der Waals surface area contributed by atoms with E-state index in [0.29, 0.717) is 0 Å². The molecule has 0 saturated carbocycles. The molecular formula is C19H22O2. The molecule has 0 aliphatic heterocycles. The van der Waals surface area contributed by atoms with Crippen molar-refractivity contribution in [3.05, 3.63) is 60.2 Å². The SMILES string of the molecule is CCCCC(C(=O)OC)c1ccc(-c2ccccc2)cc1. The summed E-state index contributed by atoms with van der Waals surface area (Å²) in [5, 5.41) is 0. The molecule has 0 spiro atoms. The van der Waals surface area contributed by atoms with Gasteiger partial charge < -0.3 is 4.74 Å². The van der Waals surface area contributed by atoms with Crippen molar-refractivity contribution in [1.82, 2.24) is 0 Å². The summed E-state index contributed by atoms with van der Waals surface area (Å²) in [4.78, 5) is 12.0. The Morgan fingerprint density at radius 2 is 1.62 bits per heavy atom. The third-order valence-electron chi connectivity index (χ3n) is 3.75. The molecule has 21 heavy (non-hydrogen) atoms. The summed E-state index contributed by atoms with van der Waals surface area (Å²) in [7, 11) is 1.46. The Labute approximate surface area is 126 Å². The van der Waals surface area contributed by atoms with Crippen molar-refractivity contribution in [3.63, 3.8) is 0 Å². The predicted molar refractivity (Wildman–Crippen MR) is 86.2 cm³/mol. The number of ether oxygens (including phenoxy) is 1. The van der Waals surface area contributed by atoms with Gasteiger partial charge in [0.2, 0.25) is 0 Å². The zero-order valence-corrected chi connectivity index (χ0v) is 12.7. The van der Waals surface area contributed by atoms with Crippen LogP contribution in [-0.4, -0.2) is 13.1 Å². The van der Waals surface area contributed by atoms with E-state index in [2.05, 4.69) is 31.2 Å². The summed E-state index contributed by atoms with van der Waals surface area (Å²) in [6.07, 6.45) is 2.95. The fourth-order valence-corrected chi connectivity index (χ4v) is 2.51. The molecule has 2 nitrogen and oxygen atoms in total. The number of methoxy groups -OCH3 is 1. The van der Waals surface area contributed by atoms with Gasteiger partial charge in [0.25, 0.3) is 0 Å². The molecule has 1 atom stereocenters. The Bertz CT molecular complexity index is 558. The second-order valence-electron chi connectivity index (χ2n) is 5.21. The molecule has 1 unspecified atom stereocenters. The van der Waals surface area contributed by atoms with Crippen LogP contribution >= 0.6 is 0 Å². The molecule has 0 radical (unpaired) electrons. The Morgan fingerprint density at radius 1 is 1.00 bits per heavy atom. The van der Waals surface area contributed by atoms with Crippen LogP contribution in [-0.2, 0) is 9.53 Å². The monoisotopic (exact) mass is 282 g/mol. The first-order valence-corrected chi connectivity index (χ1v) is 7.49. The number of unbranched alkanes of at least 4 members (excludes halogenated alkanes) is 1. The van der Waals surface area contributed by atoms with Crippen molar-refractivity contribution in [2.24, 2.45) is 0 Å². The highest BCUT2D eigenvalue weighted by molar-refractivity contribution is 5.78. The van der Waals surface area contributed by atoms with Gasteiger partial charge in [-0.3, -0.25) is 4.79 Å². The number of carbonyl (C=O) groups is 1. The second-order valence-corrected chi connectivity index (χ2v) is 5.21. The lowest BCUT2D eigenvalue weighted by atomic mass is 9.92. The third kappa shape index (κ3) is 3.94. The minimum absolute atomic E-state index is 0.143. The van der Waals surface area contributed by atoms with E-state index in [1.165, 1.54) is 18.2 Å². The van der Waals surface area contributed by atoms with Crippen LogP contribution in [0.2, 0.25) is 0 Å². The molecule has 0 N–H and O–H groups in total. The molecule has 2 aromatic carbocycles. The first-order valence-electron chi connectivity index (χ1n) is 7.49. The van der Waals surface area contributed by atoms with E-state index in [1.807, 2.05) is 30.3 Å². The standard InChI is InChI=1S/C19H22O2/c1-3-4-10-18(19(20)21-2)17-13-11-16(12-14-17)15-8-6-5-7-9-15/h5-9,11-14,18H,3-4,10H2,1-2H3. The lowest BCUT2D eigenvalue weighted by Gasteiger charge is -2.15. The molecule has 0 aliphatic carbocycles. The molecule has 0 amide bonds.